The minimum absolute atomic E-state index is 0.183. The first-order chi connectivity index (χ1) is 7.52. The van der Waals surface area contributed by atoms with Crippen molar-refractivity contribution in [3.05, 3.63) is 34.1 Å². The van der Waals surface area contributed by atoms with Crippen LogP contribution in [0.1, 0.15) is 11.6 Å². The number of carbonyl (C=O) groups is 1. The van der Waals surface area contributed by atoms with Crippen LogP contribution in [0, 0.1) is 5.82 Å². The number of hydrogen-bond acceptors (Lipinski definition) is 3. The van der Waals surface area contributed by atoms with Crippen LogP contribution in [0.3, 0.4) is 0 Å². The number of carbonyl (C=O) groups excluding carboxylic acids is 1. The Bertz CT molecular complexity index is 367. The molecule has 88 valence electrons. The van der Waals surface area contributed by atoms with E-state index in [1.807, 2.05) is 0 Å². The van der Waals surface area contributed by atoms with E-state index < -0.39 is 12.1 Å². The molecule has 0 radical (unpaired) electrons. The number of ether oxygens (including phenoxy) is 1. The molecule has 0 fully saturated rings. The van der Waals surface area contributed by atoms with Gasteiger partial charge in [-0.25, -0.2) is 9.18 Å². The topological polar surface area (TPSA) is 64.3 Å². The Hall–Kier alpha value is -1.14. The van der Waals surface area contributed by atoms with Crippen molar-refractivity contribution in [1.82, 2.24) is 5.32 Å². The van der Waals surface area contributed by atoms with Crippen molar-refractivity contribution < 1.29 is 13.9 Å². The second-order valence-electron chi connectivity index (χ2n) is 3.18. The minimum Gasteiger partial charge on any atom is -0.453 e. The molecule has 1 atom stereocenters. The minimum atomic E-state index is -0.564. The third-order valence-electron chi connectivity index (χ3n) is 1.96. The van der Waals surface area contributed by atoms with Gasteiger partial charge in [0.15, 0.2) is 0 Å². The highest BCUT2D eigenvalue weighted by atomic mass is 79.9. The van der Waals surface area contributed by atoms with E-state index in [1.165, 1.54) is 19.2 Å². The van der Waals surface area contributed by atoms with Crippen LogP contribution in [0.15, 0.2) is 22.7 Å². The van der Waals surface area contributed by atoms with Crippen LogP contribution >= 0.6 is 15.9 Å². The van der Waals surface area contributed by atoms with Crippen LogP contribution in [0.25, 0.3) is 0 Å². The Morgan fingerprint density at radius 2 is 2.31 bits per heavy atom. The van der Waals surface area contributed by atoms with Gasteiger partial charge in [-0.3, -0.25) is 0 Å². The van der Waals surface area contributed by atoms with E-state index in [0.29, 0.717) is 10.0 Å². The van der Waals surface area contributed by atoms with E-state index >= 15 is 0 Å². The van der Waals surface area contributed by atoms with Crippen molar-refractivity contribution in [2.75, 3.05) is 13.7 Å². The maximum absolute atomic E-state index is 13.1. The van der Waals surface area contributed by atoms with Crippen LogP contribution in [0.5, 0.6) is 0 Å². The number of rotatable bonds is 3. The first-order valence-electron chi connectivity index (χ1n) is 4.56. The lowest BCUT2D eigenvalue weighted by atomic mass is 10.1. The van der Waals surface area contributed by atoms with Crippen molar-refractivity contribution in [1.29, 1.82) is 0 Å². The Kier molecular flexibility index (Phi) is 4.70. The fraction of sp³-hybridized carbons (Fsp3) is 0.300. The average molecular weight is 291 g/mol. The molecule has 0 unspecified atom stereocenters. The number of methoxy groups -OCH3 is 1. The maximum atomic E-state index is 13.1. The zero-order valence-electron chi connectivity index (χ0n) is 8.67. The molecule has 1 aromatic carbocycles. The van der Waals surface area contributed by atoms with Crippen LogP contribution in [-0.4, -0.2) is 19.7 Å². The first kappa shape index (κ1) is 12.9. The van der Waals surface area contributed by atoms with Gasteiger partial charge in [-0.2, -0.15) is 0 Å². The summed E-state index contributed by atoms with van der Waals surface area (Å²) < 4.78 is 18.1. The molecule has 0 aromatic heterocycles. The Labute approximate surface area is 101 Å². The number of benzene rings is 1. The highest BCUT2D eigenvalue weighted by molar-refractivity contribution is 9.10. The van der Waals surface area contributed by atoms with Gasteiger partial charge in [-0.15, -0.1) is 0 Å². The van der Waals surface area contributed by atoms with Crippen molar-refractivity contribution in [2.45, 2.75) is 6.04 Å². The molecular weight excluding hydrogens is 279 g/mol. The number of amides is 1. The molecule has 0 saturated heterocycles. The second kappa shape index (κ2) is 5.81. The van der Waals surface area contributed by atoms with Crippen LogP contribution in [0.2, 0.25) is 0 Å². The Morgan fingerprint density at radius 3 is 2.88 bits per heavy atom. The number of alkyl carbamates (subject to hydrolysis) is 1. The normalized spacial score (nSPS) is 12.0. The molecule has 0 saturated carbocycles. The zero-order valence-corrected chi connectivity index (χ0v) is 10.3. The van der Waals surface area contributed by atoms with Crippen LogP contribution in [-0.2, 0) is 4.74 Å². The maximum Gasteiger partial charge on any atom is 0.406 e. The summed E-state index contributed by atoms with van der Waals surface area (Å²) in [6, 6.07) is 3.89. The molecule has 3 N–H and O–H groups in total. The third-order valence-corrected chi connectivity index (χ3v) is 2.42. The second-order valence-corrected chi connectivity index (χ2v) is 4.10. The van der Waals surface area contributed by atoms with Gasteiger partial charge in [0.25, 0.3) is 0 Å². The number of hydrogen-bond donors (Lipinski definition) is 2. The van der Waals surface area contributed by atoms with E-state index in [9.17, 15) is 9.18 Å². The molecule has 4 nitrogen and oxygen atoms in total. The summed E-state index contributed by atoms with van der Waals surface area (Å²) in [4.78, 5) is 10.8. The summed E-state index contributed by atoms with van der Waals surface area (Å²) >= 11 is 3.17. The van der Waals surface area contributed by atoms with Gasteiger partial charge in [0.2, 0.25) is 0 Å². The van der Waals surface area contributed by atoms with Crippen molar-refractivity contribution in [2.24, 2.45) is 5.73 Å². The van der Waals surface area contributed by atoms with E-state index in [0.717, 1.165) is 0 Å². The Morgan fingerprint density at radius 1 is 1.62 bits per heavy atom. The van der Waals surface area contributed by atoms with Gasteiger partial charge < -0.3 is 15.8 Å². The van der Waals surface area contributed by atoms with Gasteiger partial charge in [-0.1, -0.05) is 15.9 Å². The largest absolute Gasteiger partial charge is 0.453 e. The SMILES string of the molecule is COC(=O)NC[C@@H](N)c1cc(F)cc(Br)c1. The molecule has 1 rings (SSSR count). The van der Waals surface area contributed by atoms with E-state index in [-0.39, 0.29) is 12.4 Å². The zero-order chi connectivity index (χ0) is 12.1. The molecule has 16 heavy (non-hydrogen) atoms. The summed E-state index contributed by atoms with van der Waals surface area (Å²) in [5.74, 6) is -0.377. The van der Waals surface area contributed by atoms with Gasteiger partial charge in [-0.05, 0) is 23.8 Å². The van der Waals surface area contributed by atoms with Crippen molar-refractivity contribution in [3.63, 3.8) is 0 Å². The number of halogens is 2. The molecule has 1 aromatic rings. The quantitative estimate of drug-likeness (QED) is 0.894. The highest BCUT2D eigenvalue weighted by Gasteiger charge is 2.10. The van der Waals surface area contributed by atoms with Crippen LogP contribution < -0.4 is 11.1 Å². The first-order valence-corrected chi connectivity index (χ1v) is 5.35. The lowest BCUT2D eigenvalue weighted by Gasteiger charge is -2.13. The third kappa shape index (κ3) is 3.79. The van der Waals surface area contributed by atoms with Crippen molar-refractivity contribution >= 4 is 22.0 Å². The monoisotopic (exact) mass is 290 g/mol. The number of nitrogens with one attached hydrogen (secondary N) is 1. The smallest absolute Gasteiger partial charge is 0.406 e. The highest BCUT2D eigenvalue weighted by Crippen LogP contribution is 2.18. The van der Waals surface area contributed by atoms with Crippen LogP contribution in [0.4, 0.5) is 9.18 Å². The molecule has 6 heteroatoms. The molecule has 0 heterocycles. The molecule has 1 amide bonds. The van der Waals surface area contributed by atoms with E-state index in [1.54, 1.807) is 6.07 Å². The van der Waals surface area contributed by atoms with Gasteiger partial charge in [0.05, 0.1) is 7.11 Å². The lowest BCUT2D eigenvalue weighted by molar-refractivity contribution is 0.170. The van der Waals surface area contributed by atoms with E-state index in [4.69, 9.17) is 5.73 Å². The fourth-order valence-electron chi connectivity index (χ4n) is 1.17. The molecule has 0 spiro atoms. The molecule has 0 bridgehead atoms. The van der Waals surface area contributed by atoms with E-state index in [2.05, 4.69) is 26.0 Å². The van der Waals surface area contributed by atoms with Gasteiger partial charge >= 0.3 is 6.09 Å². The summed E-state index contributed by atoms with van der Waals surface area (Å²) in [5.41, 5.74) is 6.38. The summed E-state index contributed by atoms with van der Waals surface area (Å²) in [6.45, 7) is 0.183. The summed E-state index contributed by atoms with van der Waals surface area (Å²) in [5, 5.41) is 2.45. The number of nitrogens with two attached hydrogens (primary N) is 1. The molecular formula is C10H12BrFN2O2. The predicted octanol–water partition coefficient (Wildman–Crippen LogP) is 1.94. The Balaban J connectivity index is 2.65. The van der Waals surface area contributed by atoms with Crippen molar-refractivity contribution in [3.8, 4) is 0 Å². The summed E-state index contributed by atoms with van der Waals surface area (Å²) in [7, 11) is 1.26. The molecule has 0 aliphatic heterocycles. The lowest BCUT2D eigenvalue weighted by Crippen LogP contribution is -2.31. The average Bonchev–Trinajstić information content (AvgIpc) is 2.23. The summed E-state index contributed by atoms with van der Waals surface area (Å²) in [6.07, 6.45) is -0.564. The predicted molar refractivity (Wildman–Crippen MR) is 61.4 cm³/mol. The van der Waals surface area contributed by atoms with Gasteiger partial charge in [0.1, 0.15) is 5.82 Å². The molecule has 0 aliphatic rings. The standard InChI is InChI=1S/C10H12BrFN2O2/c1-16-10(15)14-5-9(13)6-2-7(11)4-8(12)3-6/h2-4,9H,5,13H2,1H3,(H,14,15)/t9-/m1/s1. The van der Waals surface area contributed by atoms with Gasteiger partial charge in [0, 0.05) is 17.1 Å². The molecule has 0 aliphatic carbocycles. The fourth-order valence-corrected chi connectivity index (χ4v) is 1.66.